The molecule has 0 spiro atoms. The van der Waals surface area contributed by atoms with Crippen LogP contribution in [0.1, 0.15) is 5.56 Å². The molecule has 0 unspecified atom stereocenters. The first kappa shape index (κ1) is 14.8. The van der Waals surface area contributed by atoms with Crippen molar-refractivity contribution in [3.63, 3.8) is 0 Å². The molecule has 1 aromatic rings. The number of carbonyl (C=O) groups is 2. The second-order valence-corrected chi connectivity index (χ2v) is 4.35. The molecule has 0 aliphatic rings. The molecule has 19 heavy (non-hydrogen) atoms. The maximum atomic E-state index is 11.7. The molecule has 0 radical (unpaired) electrons. The van der Waals surface area contributed by atoms with Crippen molar-refractivity contribution in [2.24, 2.45) is 0 Å². The number of hydrogen-bond acceptors (Lipinski definition) is 3. The zero-order chi connectivity index (χ0) is 14.3. The molecular formula is C13H20N4O2. The summed E-state index contributed by atoms with van der Waals surface area (Å²) >= 11 is 0. The van der Waals surface area contributed by atoms with Gasteiger partial charge in [-0.25, -0.2) is 4.79 Å². The number of urea groups is 1. The highest BCUT2D eigenvalue weighted by molar-refractivity contribution is 5.80. The van der Waals surface area contributed by atoms with Crippen molar-refractivity contribution in [2.45, 2.75) is 6.42 Å². The molecule has 104 valence electrons. The third kappa shape index (κ3) is 5.29. The maximum absolute atomic E-state index is 11.7. The predicted octanol–water partition coefficient (Wildman–Crippen LogP) is 0.199. The van der Waals surface area contributed by atoms with Gasteiger partial charge in [-0.2, -0.15) is 0 Å². The van der Waals surface area contributed by atoms with Crippen LogP contribution in [-0.4, -0.2) is 44.0 Å². The minimum atomic E-state index is -0.179. The average Bonchev–Trinajstić information content (AvgIpc) is 2.37. The van der Waals surface area contributed by atoms with E-state index in [0.717, 1.165) is 5.56 Å². The number of hydrogen-bond donors (Lipinski definition) is 3. The van der Waals surface area contributed by atoms with Crippen LogP contribution < -0.4 is 16.4 Å². The van der Waals surface area contributed by atoms with Gasteiger partial charge in [0.05, 0.1) is 6.42 Å². The van der Waals surface area contributed by atoms with Crippen molar-refractivity contribution in [1.29, 1.82) is 0 Å². The lowest BCUT2D eigenvalue weighted by Crippen LogP contribution is -2.39. The summed E-state index contributed by atoms with van der Waals surface area (Å²) in [5, 5.41) is 5.39. The molecule has 0 fully saturated rings. The SMILES string of the molecule is CN(C)C(=O)NCCNC(=O)Cc1ccccc1N. The lowest BCUT2D eigenvalue weighted by Gasteiger charge is -2.12. The van der Waals surface area contributed by atoms with Crippen molar-refractivity contribution in [1.82, 2.24) is 15.5 Å². The quantitative estimate of drug-likeness (QED) is 0.524. The number of carbonyl (C=O) groups excluding carboxylic acids is 2. The molecule has 1 aromatic carbocycles. The molecule has 0 saturated heterocycles. The topological polar surface area (TPSA) is 87.5 Å². The number of nitrogens with two attached hydrogens (primary N) is 1. The molecule has 0 bridgehead atoms. The minimum Gasteiger partial charge on any atom is -0.398 e. The molecule has 4 N–H and O–H groups in total. The van der Waals surface area contributed by atoms with E-state index in [0.29, 0.717) is 18.8 Å². The molecule has 0 aliphatic heterocycles. The van der Waals surface area contributed by atoms with Crippen molar-refractivity contribution in [2.75, 3.05) is 32.9 Å². The zero-order valence-electron chi connectivity index (χ0n) is 11.3. The third-order valence-electron chi connectivity index (χ3n) is 2.54. The third-order valence-corrected chi connectivity index (χ3v) is 2.54. The highest BCUT2D eigenvalue weighted by atomic mass is 16.2. The zero-order valence-corrected chi connectivity index (χ0v) is 11.3. The van der Waals surface area contributed by atoms with Crippen molar-refractivity contribution in [3.05, 3.63) is 29.8 Å². The number of nitrogens with zero attached hydrogens (tertiary/aromatic N) is 1. The van der Waals surface area contributed by atoms with E-state index in [1.54, 1.807) is 20.2 Å². The van der Waals surface area contributed by atoms with E-state index >= 15 is 0 Å². The van der Waals surface area contributed by atoms with Crippen LogP contribution in [0.25, 0.3) is 0 Å². The summed E-state index contributed by atoms with van der Waals surface area (Å²) in [7, 11) is 3.32. The normalized spacial score (nSPS) is 9.79. The number of para-hydroxylation sites is 1. The number of nitrogen functional groups attached to an aromatic ring is 1. The van der Waals surface area contributed by atoms with Crippen LogP contribution in [0.4, 0.5) is 10.5 Å². The standard InChI is InChI=1S/C13H20N4O2/c1-17(2)13(19)16-8-7-15-12(18)9-10-5-3-4-6-11(10)14/h3-6H,7-9,14H2,1-2H3,(H,15,18)(H,16,19). The number of nitrogens with one attached hydrogen (secondary N) is 2. The van der Waals surface area contributed by atoms with Gasteiger partial charge in [0.1, 0.15) is 0 Å². The van der Waals surface area contributed by atoms with E-state index in [1.807, 2.05) is 18.2 Å². The molecule has 0 aromatic heterocycles. The molecule has 6 nitrogen and oxygen atoms in total. The number of rotatable bonds is 5. The molecule has 0 heterocycles. The summed E-state index contributed by atoms with van der Waals surface area (Å²) in [5.74, 6) is -0.114. The van der Waals surface area contributed by atoms with E-state index in [1.165, 1.54) is 4.90 Å². The maximum Gasteiger partial charge on any atom is 0.316 e. The van der Waals surface area contributed by atoms with Crippen molar-refractivity contribution in [3.8, 4) is 0 Å². The van der Waals surface area contributed by atoms with Gasteiger partial charge in [0.25, 0.3) is 0 Å². The first-order chi connectivity index (χ1) is 9.00. The number of benzene rings is 1. The van der Waals surface area contributed by atoms with Crippen molar-refractivity contribution >= 4 is 17.6 Å². The van der Waals surface area contributed by atoms with Gasteiger partial charge in [0.2, 0.25) is 5.91 Å². The summed E-state index contributed by atoms with van der Waals surface area (Å²) in [6.07, 6.45) is 0.244. The Labute approximate surface area is 113 Å². The van der Waals surface area contributed by atoms with Crippen molar-refractivity contribution < 1.29 is 9.59 Å². The van der Waals surface area contributed by atoms with Gasteiger partial charge >= 0.3 is 6.03 Å². The molecular weight excluding hydrogens is 244 g/mol. The lowest BCUT2D eigenvalue weighted by molar-refractivity contribution is -0.120. The van der Waals surface area contributed by atoms with Crippen LogP contribution in [0.2, 0.25) is 0 Å². The first-order valence-corrected chi connectivity index (χ1v) is 6.06. The predicted molar refractivity (Wildman–Crippen MR) is 74.7 cm³/mol. The number of amides is 3. The van der Waals surface area contributed by atoms with E-state index in [-0.39, 0.29) is 18.4 Å². The molecule has 6 heteroatoms. The Hall–Kier alpha value is -2.24. The Morgan fingerprint density at radius 3 is 2.42 bits per heavy atom. The van der Waals surface area contributed by atoms with E-state index in [4.69, 9.17) is 5.73 Å². The molecule has 0 atom stereocenters. The second kappa shape index (κ2) is 7.25. The van der Waals surface area contributed by atoms with E-state index < -0.39 is 0 Å². The van der Waals surface area contributed by atoms with Crippen LogP contribution in [0.3, 0.4) is 0 Å². The Balaban J connectivity index is 2.26. The summed E-state index contributed by atoms with van der Waals surface area (Å²) in [5.41, 5.74) is 7.17. The largest absolute Gasteiger partial charge is 0.398 e. The number of anilines is 1. The van der Waals surface area contributed by atoms with Gasteiger partial charge in [0, 0.05) is 32.9 Å². The summed E-state index contributed by atoms with van der Waals surface area (Å²) in [6.45, 7) is 0.790. The highest BCUT2D eigenvalue weighted by Gasteiger charge is 2.06. The Kier molecular flexibility index (Phi) is 5.66. The van der Waals surface area contributed by atoms with Gasteiger partial charge < -0.3 is 21.3 Å². The van der Waals surface area contributed by atoms with Crippen LogP contribution >= 0.6 is 0 Å². The first-order valence-electron chi connectivity index (χ1n) is 6.06. The average molecular weight is 264 g/mol. The fourth-order valence-corrected chi connectivity index (χ4v) is 1.46. The van der Waals surface area contributed by atoms with Crippen LogP contribution in [0, 0.1) is 0 Å². The summed E-state index contributed by atoms with van der Waals surface area (Å²) in [6, 6.07) is 7.08. The molecule has 0 aliphatic carbocycles. The Morgan fingerprint density at radius 1 is 1.16 bits per heavy atom. The second-order valence-electron chi connectivity index (χ2n) is 4.35. The van der Waals surface area contributed by atoms with Gasteiger partial charge in [-0.3, -0.25) is 4.79 Å². The lowest BCUT2D eigenvalue weighted by atomic mass is 10.1. The van der Waals surface area contributed by atoms with Gasteiger partial charge in [-0.1, -0.05) is 18.2 Å². The Bertz CT molecular complexity index is 446. The van der Waals surface area contributed by atoms with E-state index in [2.05, 4.69) is 10.6 Å². The van der Waals surface area contributed by atoms with Crippen LogP contribution in [0.15, 0.2) is 24.3 Å². The fraction of sp³-hybridized carbons (Fsp3) is 0.385. The fourth-order valence-electron chi connectivity index (χ4n) is 1.46. The highest BCUT2D eigenvalue weighted by Crippen LogP contribution is 2.10. The minimum absolute atomic E-state index is 0.114. The summed E-state index contributed by atoms with van der Waals surface area (Å²) < 4.78 is 0. The molecule has 3 amide bonds. The van der Waals surface area contributed by atoms with Gasteiger partial charge in [-0.05, 0) is 11.6 Å². The summed E-state index contributed by atoms with van der Waals surface area (Å²) in [4.78, 5) is 24.3. The smallest absolute Gasteiger partial charge is 0.316 e. The van der Waals surface area contributed by atoms with Gasteiger partial charge in [-0.15, -0.1) is 0 Å². The van der Waals surface area contributed by atoms with Crippen LogP contribution in [0.5, 0.6) is 0 Å². The molecule has 1 rings (SSSR count). The monoisotopic (exact) mass is 264 g/mol. The van der Waals surface area contributed by atoms with E-state index in [9.17, 15) is 9.59 Å². The Morgan fingerprint density at radius 2 is 1.79 bits per heavy atom. The van der Waals surface area contributed by atoms with Gasteiger partial charge in [0.15, 0.2) is 0 Å². The molecule has 0 saturated carbocycles. The van der Waals surface area contributed by atoms with Crippen LogP contribution in [-0.2, 0) is 11.2 Å².